The van der Waals surface area contributed by atoms with Crippen LogP contribution in [0.1, 0.15) is 201 Å². The first-order chi connectivity index (χ1) is 27.6. The average Bonchev–Trinajstić information content (AvgIpc) is 3.20. The molecule has 0 aliphatic rings. The van der Waals surface area contributed by atoms with Gasteiger partial charge in [-0.25, -0.2) is 0 Å². The predicted molar refractivity (Wildman–Crippen MR) is 233 cm³/mol. The number of ether oxygens (including phenoxy) is 4. The molecule has 0 rings (SSSR count). The van der Waals surface area contributed by atoms with E-state index in [1.54, 1.807) is 0 Å². The van der Waals surface area contributed by atoms with Crippen LogP contribution in [-0.4, -0.2) is 82.1 Å². The van der Waals surface area contributed by atoms with Crippen LogP contribution in [0.4, 0.5) is 0 Å². The van der Waals surface area contributed by atoms with E-state index in [4.69, 9.17) is 18.9 Å². The van der Waals surface area contributed by atoms with Crippen LogP contribution in [0, 0.1) is 0 Å². The molecular weight excluding hydrogens is 705 g/mol. The van der Waals surface area contributed by atoms with Gasteiger partial charge in [0.15, 0.2) is 6.29 Å². The number of allylic oxidation sites excluding steroid dienone is 4. The average molecular weight is 793 g/mol. The lowest BCUT2D eigenvalue weighted by atomic mass is 10.1. The van der Waals surface area contributed by atoms with E-state index in [1.807, 2.05) is 0 Å². The molecule has 1 amide bonds. The molecule has 0 saturated carbocycles. The summed E-state index contributed by atoms with van der Waals surface area (Å²) >= 11 is 0. The van der Waals surface area contributed by atoms with Gasteiger partial charge in [-0.1, -0.05) is 116 Å². The highest BCUT2D eigenvalue weighted by molar-refractivity contribution is 5.69. The molecule has 0 heterocycles. The Morgan fingerprint density at radius 2 is 0.982 bits per heavy atom. The van der Waals surface area contributed by atoms with Crippen LogP contribution in [0.2, 0.25) is 0 Å². The number of amides is 1. The number of esters is 2. The second kappa shape index (κ2) is 45.5. The fourth-order valence-electron chi connectivity index (χ4n) is 6.48. The normalized spacial score (nSPS) is 11.7. The van der Waals surface area contributed by atoms with Crippen LogP contribution in [0.5, 0.6) is 0 Å². The molecule has 0 bridgehead atoms. The van der Waals surface area contributed by atoms with Crippen molar-refractivity contribution in [2.45, 2.75) is 207 Å². The van der Waals surface area contributed by atoms with Crippen molar-refractivity contribution in [2.24, 2.45) is 0 Å². The van der Waals surface area contributed by atoms with E-state index in [9.17, 15) is 14.4 Å². The Morgan fingerprint density at radius 1 is 0.518 bits per heavy atom. The summed E-state index contributed by atoms with van der Waals surface area (Å²) in [4.78, 5) is 37.8. The Balaban J connectivity index is 4.19. The zero-order valence-electron chi connectivity index (χ0n) is 36.7. The Labute approximate surface area is 344 Å². The topological polar surface area (TPSA) is 103 Å². The zero-order valence-corrected chi connectivity index (χ0v) is 36.7. The standard InChI is InChI=1S/C47H88N2O7/c1-4-7-10-13-16-23-28-40-53-45(51)33-25-18-17-19-26-37-49(39-32-36-48-44-50)38-27-20-24-29-41-54-46(52)34-35-47(55-42-30-21-14-11-8-5-2)56-43-31-22-15-12-9-6-3/h8-9,11-12,44,47H,4-7,10,13-43H2,1-3H3,(H,48,50)/b11-8-,12-9-. The molecule has 0 atom stereocenters. The molecular formula is C47H88N2O7. The van der Waals surface area contributed by atoms with E-state index in [0.717, 1.165) is 154 Å². The minimum absolute atomic E-state index is 0.0433. The van der Waals surface area contributed by atoms with Gasteiger partial charge in [-0.2, -0.15) is 0 Å². The highest BCUT2D eigenvalue weighted by Crippen LogP contribution is 2.13. The molecule has 0 saturated heterocycles. The number of nitrogens with zero attached hydrogens (tertiary/aromatic N) is 1. The monoisotopic (exact) mass is 793 g/mol. The van der Waals surface area contributed by atoms with E-state index < -0.39 is 0 Å². The summed E-state index contributed by atoms with van der Waals surface area (Å²) in [7, 11) is 0. The summed E-state index contributed by atoms with van der Waals surface area (Å²) in [5, 5.41) is 2.78. The van der Waals surface area contributed by atoms with Crippen molar-refractivity contribution in [3.05, 3.63) is 24.3 Å². The molecule has 0 aliphatic carbocycles. The molecule has 0 aromatic heterocycles. The summed E-state index contributed by atoms with van der Waals surface area (Å²) < 4.78 is 23.1. The second-order valence-corrected chi connectivity index (χ2v) is 15.2. The molecule has 1 N–H and O–H groups in total. The maximum absolute atomic E-state index is 12.5. The molecule has 0 unspecified atom stereocenters. The smallest absolute Gasteiger partial charge is 0.305 e. The number of hydrogen-bond donors (Lipinski definition) is 1. The number of nitrogens with one attached hydrogen (secondary N) is 1. The lowest BCUT2D eigenvalue weighted by Crippen LogP contribution is -2.29. The lowest BCUT2D eigenvalue weighted by molar-refractivity contribution is -0.159. The van der Waals surface area contributed by atoms with E-state index in [1.165, 1.54) is 32.1 Å². The van der Waals surface area contributed by atoms with Gasteiger partial charge in [0.05, 0.1) is 19.6 Å². The van der Waals surface area contributed by atoms with Crippen LogP contribution >= 0.6 is 0 Å². The first-order valence-corrected chi connectivity index (χ1v) is 23.3. The van der Waals surface area contributed by atoms with Crippen LogP contribution in [0.15, 0.2) is 24.3 Å². The number of rotatable bonds is 45. The fourth-order valence-corrected chi connectivity index (χ4v) is 6.48. The van der Waals surface area contributed by atoms with Crippen molar-refractivity contribution in [1.82, 2.24) is 10.2 Å². The molecule has 328 valence electrons. The van der Waals surface area contributed by atoms with Gasteiger partial charge in [0.1, 0.15) is 0 Å². The van der Waals surface area contributed by atoms with Crippen molar-refractivity contribution >= 4 is 18.3 Å². The van der Waals surface area contributed by atoms with Crippen molar-refractivity contribution < 1.29 is 33.3 Å². The second-order valence-electron chi connectivity index (χ2n) is 15.2. The van der Waals surface area contributed by atoms with E-state index in [2.05, 4.69) is 55.3 Å². The first-order valence-electron chi connectivity index (χ1n) is 23.3. The summed E-state index contributed by atoms with van der Waals surface area (Å²) in [6, 6.07) is 0. The number of unbranched alkanes of at least 4 members (excludes halogenated alkanes) is 17. The third-order valence-corrected chi connectivity index (χ3v) is 9.90. The molecule has 0 aromatic carbocycles. The van der Waals surface area contributed by atoms with Crippen molar-refractivity contribution in [3.63, 3.8) is 0 Å². The highest BCUT2D eigenvalue weighted by atomic mass is 16.7. The molecule has 9 heteroatoms. The van der Waals surface area contributed by atoms with Crippen molar-refractivity contribution in [2.75, 3.05) is 52.6 Å². The highest BCUT2D eigenvalue weighted by Gasteiger charge is 2.14. The molecule has 0 fully saturated rings. The van der Waals surface area contributed by atoms with E-state index in [0.29, 0.717) is 52.2 Å². The lowest BCUT2D eigenvalue weighted by Gasteiger charge is -2.22. The van der Waals surface area contributed by atoms with Gasteiger partial charge < -0.3 is 29.2 Å². The third-order valence-electron chi connectivity index (χ3n) is 9.90. The maximum atomic E-state index is 12.5. The molecule has 0 spiro atoms. The number of carbonyl (C=O) groups is 3. The van der Waals surface area contributed by atoms with Crippen molar-refractivity contribution in [1.29, 1.82) is 0 Å². The van der Waals surface area contributed by atoms with E-state index >= 15 is 0 Å². The first kappa shape index (κ1) is 53.8. The van der Waals surface area contributed by atoms with Crippen LogP contribution in [-0.2, 0) is 33.3 Å². The Hall–Kier alpha value is -2.23. The Kier molecular flexibility index (Phi) is 43.7. The van der Waals surface area contributed by atoms with Gasteiger partial charge in [0, 0.05) is 32.6 Å². The van der Waals surface area contributed by atoms with Crippen molar-refractivity contribution in [3.8, 4) is 0 Å². The zero-order chi connectivity index (χ0) is 40.8. The largest absolute Gasteiger partial charge is 0.466 e. The number of carbonyl (C=O) groups excluding carboxylic acids is 3. The fraction of sp³-hybridized carbons (Fsp3) is 0.851. The van der Waals surface area contributed by atoms with Gasteiger partial charge in [0.25, 0.3) is 0 Å². The SMILES string of the molecule is CC/C=C\CCCCOC(CCC(=O)OCCCCCCN(CCCCCCCC(=O)OCCCCCCCCC)CCCNC=O)OCCCC/C=C\CC. The predicted octanol–water partition coefficient (Wildman–Crippen LogP) is 11.6. The Bertz CT molecular complexity index is 889. The number of hydrogen-bond acceptors (Lipinski definition) is 8. The summed E-state index contributed by atoms with van der Waals surface area (Å²) in [5.41, 5.74) is 0. The van der Waals surface area contributed by atoms with Crippen LogP contribution in [0.25, 0.3) is 0 Å². The quantitative estimate of drug-likeness (QED) is 0.0214. The summed E-state index contributed by atoms with van der Waals surface area (Å²) in [6.07, 6.45) is 38.1. The van der Waals surface area contributed by atoms with E-state index in [-0.39, 0.29) is 18.2 Å². The molecule has 56 heavy (non-hydrogen) atoms. The van der Waals surface area contributed by atoms with Gasteiger partial charge in [-0.3, -0.25) is 14.4 Å². The van der Waals surface area contributed by atoms with Gasteiger partial charge >= 0.3 is 11.9 Å². The molecule has 0 aromatic rings. The van der Waals surface area contributed by atoms with Gasteiger partial charge in [-0.05, 0) is 110 Å². The van der Waals surface area contributed by atoms with Crippen LogP contribution in [0.3, 0.4) is 0 Å². The third kappa shape index (κ3) is 41.4. The van der Waals surface area contributed by atoms with Gasteiger partial charge in [0.2, 0.25) is 6.41 Å². The summed E-state index contributed by atoms with van der Waals surface area (Å²) in [6.45, 7) is 12.6. The van der Waals surface area contributed by atoms with Gasteiger partial charge in [-0.15, -0.1) is 0 Å². The molecule has 0 aliphatic heterocycles. The molecule has 0 radical (unpaired) electrons. The molecule has 9 nitrogen and oxygen atoms in total. The Morgan fingerprint density at radius 3 is 1.52 bits per heavy atom. The summed E-state index contributed by atoms with van der Waals surface area (Å²) in [5.74, 6) is -0.219. The minimum Gasteiger partial charge on any atom is -0.466 e. The van der Waals surface area contributed by atoms with Crippen LogP contribution < -0.4 is 5.32 Å². The minimum atomic E-state index is -0.364. The maximum Gasteiger partial charge on any atom is 0.305 e.